The minimum atomic E-state index is -0.616. The van der Waals surface area contributed by atoms with Gasteiger partial charge in [0.1, 0.15) is 5.00 Å². The Morgan fingerprint density at radius 1 is 1.38 bits per heavy atom. The highest BCUT2D eigenvalue weighted by molar-refractivity contribution is 7.18. The van der Waals surface area contributed by atoms with E-state index in [-0.39, 0.29) is 35.3 Å². The van der Waals surface area contributed by atoms with Crippen molar-refractivity contribution in [1.29, 1.82) is 0 Å². The molecule has 0 fully saturated rings. The van der Waals surface area contributed by atoms with Crippen molar-refractivity contribution in [3.63, 3.8) is 0 Å². The molecule has 2 heterocycles. The highest BCUT2D eigenvalue weighted by Crippen LogP contribution is 2.34. The van der Waals surface area contributed by atoms with Gasteiger partial charge in [-0.15, -0.1) is 11.3 Å². The SMILES string of the molecule is CCOC(=O)c1c(NC(=O)C(C)Cn2nc([N+](=O)[O-])cc2C)sc(C(C)=O)c1C. The van der Waals surface area contributed by atoms with Gasteiger partial charge in [-0.2, -0.15) is 4.68 Å². The predicted molar refractivity (Wildman–Crippen MR) is 106 cm³/mol. The first-order valence-corrected chi connectivity index (χ1v) is 9.69. The maximum atomic E-state index is 12.7. The molecule has 1 amide bonds. The monoisotopic (exact) mass is 422 g/mol. The van der Waals surface area contributed by atoms with Crippen LogP contribution in [0.15, 0.2) is 6.07 Å². The van der Waals surface area contributed by atoms with E-state index in [2.05, 4.69) is 10.4 Å². The molecule has 29 heavy (non-hydrogen) atoms. The average molecular weight is 422 g/mol. The summed E-state index contributed by atoms with van der Waals surface area (Å²) >= 11 is 1.02. The number of nitro groups is 1. The van der Waals surface area contributed by atoms with Crippen molar-refractivity contribution in [2.24, 2.45) is 5.92 Å². The number of aromatic nitrogens is 2. The van der Waals surface area contributed by atoms with Crippen LogP contribution in [0.4, 0.5) is 10.8 Å². The summed E-state index contributed by atoms with van der Waals surface area (Å²) in [5.74, 6) is -2.14. The summed E-state index contributed by atoms with van der Waals surface area (Å²) in [5, 5.41) is 17.7. The van der Waals surface area contributed by atoms with Gasteiger partial charge in [0.15, 0.2) is 5.78 Å². The number of ketones is 1. The zero-order valence-electron chi connectivity index (χ0n) is 16.8. The molecule has 0 aliphatic heterocycles. The van der Waals surface area contributed by atoms with Gasteiger partial charge in [0.25, 0.3) is 0 Å². The van der Waals surface area contributed by atoms with Crippen LogP contribution >= 0.6 is 11.3 Å². The predicted octanol–water partition coefficient (Wildman–Crippen LogP) is 3.12. The molecule has 1 atom stereocenters. The summed E-state index contributed by atoms with van der Waals surface area (Å²) in [6.07, 6.45) is 0. The Hall–Kier alpha value is -3.08. The first-order chi connectivity index (χ1) is 13.6. The summed E-state index contributed by atoms with van der Waals surface area (Å²) in [6, 6.07) is 1.32. The van der Waals surface area contributed by atoms with Crippen LogP contribution in [0.5, 0.6) is 0 Å². The standard InChI is InChI=1S/C18H22N4O6S/c1-6-28-18(25)14-11(4)15(12(5)23)29-17(14)19-16(24)9(2)8-21-10(3)7-13(20-21)22(26)27/h7,9H,6,8H2,1-5H3,(H,19,24). The summed E-state index contributed by atoms with van der Waals surface area (Å²) in [5.41, 5.74) is 1.17. The maximum Gasteiger partial charge on any atom is 0.390 e. The minimum absolute atomic E-state index is 0.115. The molecule has 0 bridgehead atoms. The van der Waals surface area contributed by atoms with E-state index in [0.29, 0.717) is 16.1 Å². The molecular formula is C18H22N4O6S. The molecule has 0 aromatic carbocycles. The molecule has 1 N–H and O–H groups in total. The van der Waals surface area contributed by atoms with Crippen LogP contribution < -0.4 is 5.32 Å². The van der Waals surface area contributed by atoms with Gasteiger partial charge in [-0.1, -0.05) is 6.92 Å². The van der Waals surface area contributed by atoms with E-state index in [1.54, 1.807) is 27.7 Å². The Morgan fingerprint density at radius 3 is 2.55 bits per heavy atom. The molecule has 0 spiro atoms. The molecule has 0 aliphatic rings. The number of amides is 1. The number of nitrogens with one attached hydrogen (secondary N) is 1. The fourth-order valence-electron chi connectivity index (χ4n) is 2.73. The molecule has 2 aromatic heterocycles. The summed E-state index contributed by atoms with van der Waals surface area (Å²) in [4.78, 5) is 47.5. The number of hydrogen-bond donors (Lipinski definition) is 1. The third kappa shape index (κ3) is 4.86. The molecule has 2 rings (SSSR count). The fourth-order valence-corrected chi connectivity index (χ4v) is 3.82. The van der Waals surface area contributed by atoms with Crippen molar-refractivity contribution >= 4 is 39.8 Å². The Morgan fingerprint density at radius 2 is 2.03 bits per heavy atom. The summed E-state index contributed by atoms with van der Waals surface area (Å²) < 4.78 is 6.43. The van der Waals surface area contributed by atoms with Crippen LogP contribution in [0.25, 0.3) is 0 Å². The first kappa shape index (κ1) is 22.2. The second-order valence-electron chi connectivity index (χ2n) is 6.51. The first-order valence-electron chi connectivity index (χ1n) is 8.87. The lowest BCUT2D eigenvalue weighted by Crippen LogP contribution is -2.25. The lowest BCUT2D eigenvalue weighted by Gasteiger charge is -2.12. The number of esters is 1. The topological polar surface area (TPSA) is 133 Å². The highest BCUT2D eigenvalue weighted by atomic mass is 32.1. The fraction of sp³-hybridized carbons (Fsp3) is 0.444. The minimum Gasteiger partial charge on any atom is -0.462 e. The average Bonchev–Trinajstić information content (AvgIpc) is 3.15. The van der Waals surface area contributed by atoms with Crippen LogP contribution in [0, 0.1) is 29.9 Å². The molecule has 0 aliphatic carbocycles. The van der Waals surface area contributed by atoms with Gasteiger partial charge in [0.05, 0.1) is 46.4 Å². The van der Waals surface area contributed by atoms with Crippen LogP contribution in [-0.4, -0.2) is 39.0 Å². The zero-order valence-corrected chi connectivity index (χ0v) is 17.6. The van der Waals surface area contributed by atoms with Gasteiger partial charge in [-0.3, -0.25) is 9.59 Å². The van der Waals surface area contributed by atoms with Crippen molar-refractivity contribution in [2.75, 3.05) is 11.9 Å². The number of thiophene rings is 1. The normalized spacial score (nSPS) is 11.8. The largest absolute Gasteiger partial charge is 0.462 e. The smallest absolute Gasteiger partial charge is 0.390 e. The van der Waals surface area contributed by atoms with Gasteiger partial charge < -0.3 is 20.2 Å². The lowest BCUT2D eigenvalue weighted by atomic mass is 10.1. The third-order valence-corrected chi connectivity index (χ3v) is 5.54. The molecule has 0 saturated carbocycles. The van der Waals surface area contributed by atoms with Crippen LogP contribution in [-0.2, 0) is 16.1 Å². The Bertz CT molecular complexity index is 977. The van der Waals surface area contributed by atoms with Gasteiger partial charge in [-0.25, -0.2) is 4.79 Å². The number of ether oxygens (including phenoxy) is 1. The van der Waals surface area contributed by atoms with Crippen molar-refractivity contribution in [2.45, 2.75) is 41.2 Å². The molecule has 0 saturated heterocycles. The molecule has 156 valence electrons. The second kappa shape index (κ2) is 8.95. The van der Waals surface area contributed by atoms with Crippen LogP contribution in [0.2, 0.25) is 0 Å². The van der Waals surface area contributed by atoms with Crippen molar-refractivity contribution in [1.82, 2.24) is 9.78 Å². The quantitative estimate of drug-likeness (QED) is 0.299. The van der Waals surface area contributed by atoms with Crippen molar-refractivity contribution < 1.29 is 24.0 Å². The lowest BCUT2D eigenvalue weighted by molar-refractivity contribution is -0.389. The van der Waals surface area contributed by atoms with Crippen molar-refractivity contribution in [3.05, 3.63) is 37.9 Å². The van der Waals surface area contributed by atoms with Gasteiger partial charge in [0.2, 0.25) is 5.91 Å². The second-order valence-corrected chi connectivity index (χ2v) is 7.53. The molecule has 11 heteroatoms. The number of hydrogen-bond acceptors (Lipinski definition) is 8. The highest BCUT2D eigenvalue weighted by Gasteiger charge is 2.27. The molecule has 10 nitrogen and oxygen atoms in total. The molecular weight excluding hydrogens is 400 g/mol. The number of aryl methyl sites for hydroxylation is 1. The summed E-state index contributed by atoms with van der Waals surface area (Å²) in [6.45, 7) is 8.25. The maximum absolute atomic E-state index is 12.7. The molecule has 1 unspecified atom stereocenters. The third-order valence-electron chi connectivity index (χ3n) is 4.23. The van der Waals surface area contributed by atoms with E-state index in [9.17, 15) is 24.5 Å². The van der Waals surface area contributed by atoms with E-state index in [1.807, 2.05) is 0 Å². The number of nitrogens with zero attached hydrogens (tertiary/aromatic N) is 3. The van der Waals surface area contributed by atoms with E-state index in [1.165, 1.54) is 17.7 Å². The van der Waals surface area contributed by atoms with E-state index in [4.69, 9.17) is 4.74 Å². The van der Waals surface area contributed by atoms with E-state index < -0.39 is 22.7 Å². The Labute approximate surface area is 171 Å². The zero-order chi connectivity index (χ0) is 21.9. The van der Waals surface area contributed by atoms with Gasteiger partial charge in [0, 0.05) is 0 Å². The number of carbonyl (C=O) groups is 3. The van der Waals surface area contributed by atoms with Crippen LogP contribution in [0.3, 0.4) is 0 Å². The number of anilines is 1. The summed E-state index contributed by atoms with van der Waals surface area (Å²) in [7, 11) is 0. The van der Waals surface area contributed by atoms with Crippen molar-refractivity contribution in [3.8, 4) is 0 Å². The Kier molecular flexibility index (Phi) is 6.85. The van der Waals surface area contributed by atoms with E-state index in [0.717, 1.165) is 11.3 Å². The van der Waals surface area contributed by atoms with E-state index >= 15 is 0 Å². The van der Waals surface area contributed by atoms with Crippen LogP contribution in [0.1, 0.15) is 52.1 Å². The molecule has 0 radical (unpaired) electrons. The Balaban J connectivity index is 2.25. The molecule has 2 aromatic rings. The van der Waals surface area contributed by atoms with Gasteiger partial charge >= 0.3 is 11.8 Å². The number of Topliss-reactive ketones (excluding diaryl/α,β-unsaturated/α-hetero) is 1. The number of rotatable bonds is 8. The number of carbonyl (C=O) groups excluding carboxylic acids is 3. The van der Waals surface area contributed by atoms with Gasteiger partial charge in [-0.05, 0) is 38.2 Å².